The van der Waals surface area contributed by atoms with E-state index in [4.69, 9.17) is 11.6 Å². The molecule has 1 aromatic carbocycles. The minimum atomic E-state index is -3.76. The summed E-state index contributed by atoms with van der Waals surface area (Å²) in [7, 11) is -3.76. The molecule has 124 valence electrons. The van der Waals surface area contributed by atoms with E-state index in [1.807, 2.05) is 6.26 Å². The fourth-order valence-corrected chi connectivity index (χ4v) is 5.77. The summed E-state index contributed by atoms with van der Waals surface area (Å²) in [6.45, 7) is 0. The molecule has 5 nitrogen and oxygen atoms in total. The molecule has 2 heterocycles. The number of thioether (sulfide) groups is 1. The van der Waals surface area contributed by atoms with Crippen LogP contribution >= 0.6 is 23.4 Å². The molecule has 0 spiro atoms. The van der Waals surface area contributed by atoms with E-state index in [1.165, 1.54) is 17.8 Å². The van der Waals surface area contributed by atoms with Crippen molar-refractivity contribution in [2.75, 3.05) is 6.26 Å². The van der Waals surface area contributed by atoms with Crippen LogP contribution in [-0.4, -0.2) is 29.3 Å². The molecule has 0 bridgehead atoms. The van der Waals surface area contributed by atoms with E-state index in [1.54, 1.807) is 28.9 Å². The lowest BCUT2D eigenvalue weighted by Crippen LogP contribution is -2.05. The molecule has 0 saturated heterocycles. The summed E-state index contributed by atoms with van der Waals surface area (Å²) in [6, 6.07) is 6.28. The molecule has 3 aromatic rings. The number of rotatable bonds is 3. The van der Waals surface area contributed by atoms with Crippen LogP contribution in [0.4, 0.5) is 0 Å². The van der Waals surface area contributed by atoms with Gasteiger partial charge in [-0.2, -0.15) is 5.10 Å². The summed E-state index contributed by atoms with van der Waals surface area (Å²) in [4.78, 5) is 4.72. The van der Waals surface area contributed by atoms with Crippen LogP contribution < -0.4 is 0 Å². The van der Waals surface area contributed by atoms with Crippen molar-refractivity contribution < 1.29 is 8.42 Å². The van der Waals surface area contributed by atoms with Crippen LogP contribution in [0.3, 0.4) is 0 Å². The van der Waals surface area contributed by atoms with E-state index < -0.39 is 9.84 Å². The summed E-state index contributed by atoms with van der Waals surface area (Å²) >= 11 is 7.28. The normalized spacial score (nSPS) is 14.2. The molecule has 1 aliphatic carbocycles. The highest BCUT2D eigenvalue weighted by Crippen LogP contribution is 2.34. The van der Waals surface area contributed by atoms with Crippen molar-refractivity contribution in [3.8, 4) is 0 Å². The summed E-state index contributed by atoms with van der Waals surface area (Å²) in [5.74, 6) is 0. The number of nitrogens with zero attached hydrogens (tertiary/aromatic N) is 3. The van der Waals surface area contributed by atoms with Gasteiger partial charge in [0, 0.05) is 16.9 Å². The lowest BCUT2D eigenvalue weighted by Gasteiger charge is -2.05. The molecule has 0 amide bonds. The maximum Gasteiger partial charge on any atom is 0.213 e. The van der Waals surface area contributed by atoms with E-state index in [-0.39, 0.29) is 9.79 Å². The molecule has 0 atom stereocenters. The highest BCUT2D eigenvalue weighted by Gasteiger charge is 2.30. The molecule has 0 fully saturated rings. The van der Waals surface area contributed by atoms with E-state index in [0.717, 1.165) is 30.5 Å². The van der Waals surface area contributed by atoms with E-state index in [9.17, 15) is 8.42 Å². The zero-order chi connectivity index (χ0) is 16.9. The van der Waals surface area contributed by atoms with Gasteiger partial charge in [0.25, 0.3) is 0 Å². The second-order valence-corrected chi connectivity index (χ2v) is 8.74. The second-order valence-electron chi connectivity index (χ2n) is 5.62. The summed E-state index contributed by atoms with van der Waals surface area (Å²) in [5, 5.41) is 5.36. The fraction of sp³-hybridized carbons (Fsp3) is 0.250. The molecule has 1 aliphatic rings. The molecule has 2 aromatic heterocycles. The first-order valence-corrected chi connectivity index (χ1v) is 10.5. The van der Waals surface area contributed by atoms with Crippen molar-refractivity contribution in [2.24, 2.45) is 0 Å². The van der Waals surface area contributed by atoms with Gasteiger partial charge in [0.05, 0.1) is 4.90 Å². The van der Waals surface area contributed by atoms with Crippen LogP contribution in [0.15, 0.2) is 45.3 Å². The zero-order valence-electron chi connectivity index (χ0n) is 12.9. The first-order chi connectivity index (χ1) is 11.5. The Bertz CT molecular complexity index is 1060. The third kappa shape index (κ3) is 2.34. The highest BCUT2D eigenvalue weighted by molar-refractivity contribution is 7.99. The SMILES string of the molecule is CSc1nn2c3c(cnc2c1S(=O)(=O)c1cccc(Cl)c1)CCC3. The number of benzene rings is 1. The van der Waals surface area contributed by atoms with Gasteiger partial charge in [-0.3, -0.25) is 0 Å². The highest BCUT2D eigenvalue weighted by atomic mass is 35.5. The number of hydrogen-bond donors (Lipinski definition) is 0. The van der Waals surface area contributed by atoms with Crippen LogP contribution in [0, 0.1) is 0 Å². The molecule has 0 radical (unpaired) electrons. The predicted molar refractivity (Wildman–Crippen MR) is 93.7 cm³/mol. The van der Waals surface area contributed by atoms with Gasteiger partial charge in [-0.15, -0.1) is 11.8 Å². The van der Waals surface area contributed by atoms with Gasteiger partial charge in [0.2, 0.25) is 9.84 Å². The van der Waals surface area contributed by atoms with Crippen molar-refractivity contribution in [1.29, 1.82) is 0 Å². The van der Waals surface area contributed by atoms with Crippen LogP contribution in [0.25, 0.3) is 5.65 Å². The Labute approximate surface area is 149 Å². The fourth-order valence-electron chi connectivity index (χ4n) is 3.07. The zero-order valence-corrected chi connectivity index (χ0v) is 15.2. The molecule has 8 heteroatoms. The maximum absolute atomic E-state index is 13.2. The minimum absolute atomic E-state index is 0.155. The van der Waals surface area contributed by atoms with Gasteiger partial charge < -0.3 is 0 Å². The molecular weight excluding hydrogens is 366 g/mol. The van der Waals surface area contributed by atoms with Gasteiger partial charge in [-0.05, 0) is 49.3 Å². The Morgan fingerprint density at radius 2 is 2.12 bits per heavy atom. The standard InChI is InChI=1S/C16H14ClN3O2S2/c1-23-16-14(24(21,22)12-6-3-5-11(17)8-12)15-18-9-10-4-2-7-13(10)20(15)19-16/h3,5-6,8-9H,2,4,7H2,1H3. The molecule has 0 aliphatic heterocycles. The molecule has 0 N–H and O–H groups in total. The van der Waals surface area contributed by atoms with Crippen molar-refractivity contribution >= 4 is 38.8 Å². The lowest BCUT2D eigenvalue weighted by molar-refractivity contribution is 0.594. The molecule has 4 rings (SSSR count). The van der Waals surface area contributed by atoms with Gasteiger partial charge in [0.15, 0.2) is 10.5 Å². The Balaban J connectivity index is 2.03. The van der Waals surface area contributed by atoms with E-state index in [2.05, 4.69) is 10.1 Å². The first kappa shape index (κ1) is 15.9. The smallest absolute Gasteiger partial charge is 0.213 e. The Hall–Kier alpha value is -1.57. The van der Waals surface area contributed by atoms with Gasteiger partial charge in [0.1, 0.15) is 5.03 Å². The maximum atomic E-state index is 13.2. The first-order valence-electron chi connectivity index (χ1n) is 7.46. The molecule has 0 saturated carbocycles. The molecule has 0 unspecified atom stereocenters. The molecule has 24 heavy (non-hydrogen) atoms. The van der Waals surface area contributed by atoms with Gasteiger partial charge in [-0.1, -0.05) is 17.7 Å². The van der Waals surface area contributed by atoms with Crippen molar-refractivity contribution in [1.82, 2.24) is 14.6 Å². The Kier molecular flexibility index (Phi) is 3.82. The van der Waals surface area contributed by atoms with Crippen molar-refractivity contribution in [2.45, 2.75) is 34.1 Å². The van der Waals surface area contributed by atoms with Crippen LogP contribution in [0.1, 0.15) is 17.7 Å². The number of aryl methyl sites for hydroxylation is 2. The number of hydrogen-bond acceptors (Lipinski definition) is 5. The number of aromatic nitrogens is 3. The van der Waals surface area contributed by atoms with Crippen LogP contribution in [-0.2, 0) is 22.7 Å². The number of fused-ring (bicyclic) bond motifs is 3. The van der Waals surface area contributed by atoms with Crippen LogP contribution in [0.5, 0.6) is 0 Å². The summed E-state index contributed by atoms with van der Waals surface area (Å²) < 4.78 is 28.1. The quantitative estimate of drug-likeness (QED) is 0.652. The van der Waals surface area contributed by atoms with Gasteiger partial charge in [-0.25, -0.2) is 17.9 Å². The van der Waals surface area contributed by atoms with Gasteiger partial charge >= 0.3 is 0 Å². The monoisotopic (exact) mass is 379 g/mol. The Morgan fingerprint density at radius 3 is 2.88 bits per heavy atom. The average Bonchev–Trinajstić information content (AvgIpc) is 3.18. The topological polar surface area (TPSA) is 64.3 Å². The predicted octanol–water partition coefficient (Wildman–Crippen LogP) is 3.43. The number of halogens is 1. The minimum Gasteiger partial charge on any atom is -0.236 e. The van der Waals surface area contributed by atoms with E-state index in [0.29, 0.717) is 15.7 Å². The third-order valence-electron chi connectivity index (χ3n) is 4.19. The summed E-state index contributed by atoms with van der Waals surface area (Å²) in [6.07, 6.45) is 6.49. The van der Waals surface area contributed by atoms with Crippen molar-refractivity contribution in [3.05, 3.63) is 46.7 Å². The average molecular weight is 380 g/mol. The third-order valence-corrected chi connectivity index (χ3v) is 7.01. The Morgan fingerprint density at radius 1 is 1.29 bits per heavy atom. The number of sulfone groups is 1. The largest absolute Gasteiger partial charge is 0.236 e. The summed E-state index contributed by atoms with van der Waals surface area (Å²) in [5.41, 5.74) is 2.59. The second kappa shape index (κ2) is 5.75. The van der Waals surface area contributed by atoms with Crippen LogP contribution in [0.2, 0.25) is 5.02 Å². The van der Waals surface area contributed by atoms with Crippen molar-refractivity contribution in [3.63, 3.8) is 0 Å². The lowest BCUT2D eigenvalue weighted by atomic mass is 10.3. The molecular formula is C16H14ClN3O2S2. The van der Waals surface area contributed by atoms with E-state index >= 15 is 0 Å².